The van der Waals surface area contributed by atoms with E-state index in [0.29, 0.717) is 28.0 Å². The van der Waals surface area contributed by atoms with E-state index in [9.17, 15) is 14.7 Å². The summed E-state index contributed by atoms with van der Waals surface area (Å²) in [6, 6.07) is 4.99. The summed E-state index contributed by atoms with van der Waals surface area (Å²) in [7, 11) is 0. The second kappa shape index (κ2) is 5.13. The van der Waals surface area contributed by atoms with Gasteiger partial charge in [-0.25, -0.2) is 0 Å². The first-order valence-electron chi connectivity index (χ1n) is 5.81. The molecule has 1 aromatic carbocycles. The minimum absolute atomic E-state index is 0.195. The molecule has 19 heavy (non-hydrogen) atoms. The minimum atomic E-state index is -0.868. The van der Waals surface area contributed by atoms with Crippen LogP contribution >= 0.6 is 27.5 Å². The lowest BCUT2D eigenvalue weighted by atomic mass is 9.90. The van der Waals surface area contributed by atoms with Gasteiger partial charge in [-0.1, -0.05) is 11.6 Å². The Hall–Kier alpha value is -1.07. The van der Waals surface area contributed by atoms with Crippen molar-refractivity contribution in [3.63, 3.8) is 0 Å². The Kier molecular flexibility index (Phi) is 3.87. The normalized spacial score (nSPS) is 22.6. The Bertz CT molecular complexity index is 549. The van der Waals surface area contributed by atoms with Crippen molar-refractivity contribution in [2.24, 2.45) is 5.41 Å². The van der Waals surface area contributed by atoms with Gasteiger partial charge in [0.15, 0.2) is 0 Å². The van der Waals surface area contributed by atoms with Crippen LogP contribution in [0.3, 0.4) is 0 Å². The van der Waals surface area contributed by atoms with Gasteiger partial charge in [0.1, 0.15) is 0 Å². The predicted molar refractivity (Wildman–Crippen MR) is 75.4 cm³/mol. The van der Waals surface area contributed by atoms with E-state index in [1.807, 2.05) is 0 Å². The summed E-state index contributed by atoms with van der Waals surface area (Å²) in [6.07, 6.45) is 0.465. The Morgan fingerprint density at radius 3 is 2.74 bits per heavy atom. The maximum absolute atomic E-state index is 12.4. The molecule has 0 radical (unpaired) electrons. The van der Waals surface area contributed by atoms with Crippen molar-refractivity contribution in [1.29, 1.82) is 0 Å². The summed E-state index contributed by atoms with van der Waals surface area (Å²) < 4.78 is 0.658. The van der Waals surface area contributed by atoms with Crippen LogP contribution in [-0.4, -0.2) is 35.0 Å². The summed E-state index contributed by atoms with van der Waals surface area (Å²) >= 11 is 9.20. The standard InChI is InChI=1S/C13H13BrClNO3/c1-13(12(18)19)4-5-16(7-13)11(17)9-6-8(15)2-3-10(9)14/h2-3,6H,4-5,7H2,1H3,(H,18,19)/t13-/m1/s1. The molecule has 1 heterocycles. The van der Waals surface area contributed by atoms with Crippen molar-refractivity contribution < 1.29 is 14.7 Å². The van der Waals surface area contributed by atoms with E-state index in [4.69, 9.17) is 11.6 Å². The molecule has 0 unspecified atom stereocenters. The number of carboxylic acids is 1. The van der Waals surface area contributed by atoms with Gasteiger partial charge in [-0.05, 0) is 47.5 Å². The lowest BCUT2D eigenvalue weighted by Crippen LogP contribution is -2.35. The highest BCUT2D eigenvalue weighted by molar-refractivity contribution is 9.10. The summed E-state index contributed by atoms with van der Waals surface area (Å²) in [5.74, 6) is -1.06. The Balaban J connectivity index is 2.22. The molecule has 102 valence electrons. The van der Waals surface area contributed by atoms with E-state index in [1.165, 1.54) is 0 Å². The number of hydrogen-bond donors (Lipinski definition) is 1. The smallest absolute Gasteiger partial charge is 0.311 e. The number of carboxylic acid groups (broad SMARTS) is 1. The van der Waals surface area contributed by atoms with Crippen molar-refractivity contribution >= 4 is 39.4 Å². The van der Waals surface area contributed by atoms with Crippen molar-refractivity contribution in [1.82, 2.24) is 4.90 Å². The average molecular weight is 347 g/mol. The molecule has 0 saturated carbocycles. The quantitative estimate of drug-likeness (QED) is 0.895. The van der Waals surface area contributed by atoms with Crippen LogP contribution in [0.4, 0.5) is 0 Å². The van der Waals surface area contributed by atoms with Gasteiger partial charge in [0, 0.05) is 22.6 Å². The number of amides is 1. The molecule has 1 aromatic rings. The number of nitrogens with zero attached hydrogens (tertiary/aromatic N) is 1. The molecular weight excluding hydrogens is 334 g/mol. The zero-order valence-electron chi connectivity index (χ0n) is 10.3. The van der Waals surface area contributed by atoms with E-state index in [1.54, 1.807) is 30.0 Å². The molecule has 0 aromatic heterocycles. The van der Waals surface area contributed by atoms with Crippen molar-refractivity contribution in [2.45, 2.75) is 13.3 Å². The molecule has 0 bridgehead atoms. The Labute approximate surface area is 124 Å². The van der Waals surface area contributed by atoms with Gasteiger partial charge in [-0.15, -0.1) is 0 Å². The Morgan fingerprint density at radius 2 is 2.16 bits per heavy atom. The highest BCUT2D eigenvalue weighted by Crippen LogP contribution is 2.32. The number of benzene rings is 1. The van der Waals surface area contributed by atoms with E-state index in [0.717, 1.165) is 0 Å². The van der Waals surface area contributed by atoms with E-state index in [-0.39, 0.29) is 12.5 Å². The third-order valence-corrected chi connectivity index (χ3v) is 4.36. The molecule has 0 spiro atoms. The second-order valence-electron chi connectivity index (χ2n) is 4.97. The molecule has 1 fully saturated rings. The summed E-state index contributed by atoms with van der Waals surface area (Å²) in [4.78, 5) is 25.1. The molecule has 1 aliphatic heterocycles. The first-order valence-corrected chi connectivity index (χ1v) is 6.98. The lowest BCUT2D eigenvalue weighted by Gasteiger charge is -2.20. The minimum Gasteiger partial charge on any atom is -0.481 e. The number of carbonyl (C=O) groups is 2. The maximum atomic E-state index is 12.4. The zero-order chi connectivity index (χ0) is 14.2. The van der Waals surface area contributed by atoms with Crippen molar-refractivity contribution in [3.8, 4) is 0 Å². The third-order valence-electron chi connectivity index (χ3n) is 3.44. The number of carbonyl (C=O) groups excluding carboxylic acids is 1. The van der Waals surface area contributed by atoms with Crippen LogP contribution in [0.25, 0.3) is 0 Å². The van der Waals surface area contributed by atoms with E-state index in [2.05, 4.69) is 15.9 Å². The van der Waals surface area contributed by atoms with Crippen molar-refractivity contribution in [3.05, 3.63) is 33.3 Å². The van der Waals surface area contributed by atoms with Gasteiger partial charge in [0.2, 0.25) is 0 Å². The molecule has 1 N–H and O–H groups in total. The second-order valence-corrected chi connectivity index (χ2v) is 6.26. The largest absolute Gasteiger partial charge is 0.481 e. The molecule has 0 aliphatic carbocycles. The van der Waals surface area contributed by atoms with Crippen LogP contribution in [0.2, 0.25) is 5.02 Å². The average Bonchev–Trinajstić information content (AvgIpc) is 2.76. The highest BCUT2D eigenvalue weighted by Gasteiger charge is 2.42. The fraction of sp³-hybridized carbons (Fsp3) is 0.385. The van der Waals surface area contributed by atoms with Gasteiger partial charge in [-0.2, -0.15) is 0 Å². The number of likely N-dealkylation sites (tertiary alicyclic amines) is 1. The monoisotopic (exact) mass is 345 g/mol. The summed E-state index contributed by atoms with van der Waals surface area (Å²) in [5, 5.41) is 9.65. The maximum Gasteiger partial charge on any atom is 0.311 e. The van der Waals surface area contributed by atoms with Crippen LogP contribution < -0.4 is 0 Å². The first kappa shape index (κ1) is 14.3. The van der Waals surface area contributed by atoms with Crippen LogP contribution in [0.5, 0.6) is 0 Å². The number of halogens is 2. The molecule has 4 nitrogen and oxygen atoms in total. The van der Waals surface area contributed by atoms with Crippen LogP contribution in [-0.2, 0) is 4.79 Å². The van der Waals surface area contributed by atoms with E-state index < -0.39 is 11.4 Å². The zero-order valence-corrected chi connectivity index (χ0v) is 12.7. The molecule has 1 atom stereocenters. The third kappa shape index (κ3) is 2.77. The van der Waals surface area contributed by atoms with Gasteiger partial charge in [-0.3, -0.25) is 9.59 Å². The SMILES string of the molecule is C[C@@]1(C(=O)O)CCN(C(=O)c2cc(Cl)ccc2Br)C1. The highest BCUT2D eigenvalue weighted by atomic mass is 79.9. The van der Waals surface area contributed by atoms with Gasteiger partial charge >= 0.3 is 5.97 Å². The molecular formula is C13H13BrClNO3. The number of rotatable bonds is 2. The molecule has 1 amide bonds. The van der Waals surface area contributed by atoms with Crippen LogP contribution in [0, 0.1) is 5.41 Å². The molecule has 1 aliphatic rings. The fourth-order valence-electron chi connectivity index (χ4n) is 2.14. The van der Waals surface area contributed by atoms with Gasteiger partial charge in [0.25, 0.3) is 5.91 Å². The fourth-order valence-corrected chi connectivity index (χ4v) is 2.73. The first-order chi connectivity index (χ1) is 8.83. The Morgan fingerprint density at radius 1 is 1.47 bits per heavy atom. The van der Waals surface area contributed by atoms with Gasteiger partial charge in [0.05, 0.1) is 11.0 Å². The predicted octanol–water partition coefficient (Wildman–Crippen LogP) is 3.04. The van der Waals surface area contributed by atoms with Crippen molar-refractivity contribution in [2.75, 3.05) is 13.1 Å². The lowest BCUT2D eigenvalue weighted by molar-refractivity contribution is -0.147. The van der Waals surface area contributed by atoms with Crippen LogP contribution in [0.15, 0.2) is 22.7 Å². The van der Waals surface area contributed by atoms with Crippen LogP contribution in [0.1, 0.15) is 23.7 Å². The summed E-state index contributed by atoms with van der Waals surface area (Å²) in [6.45, 7) is 2.33. The molecule has 2 rings (SSSR count). The molecule has 1 saturated heterocycles. The summed E-state index contributed by atoms with van der Waals surface area (Å²) in [5.41, 5.74) is -0.400. The van der Waals surface area contributed by atoms with E-state index >= 15 is 0 Å². The van der Waals surface area contributed by atoms with Gasteiger partial charge < -0.3 is 10.0 Å². The number of hydrogen-bond acceptors (Lipinski definition) is 2. The number of aliphatic carboxylic acids is 1. The molecule has 6 heteroatoms. The topological polar surface area (TPSA) is 57.6 Å².